The van der Waals surface area contributed by atoms with Gasteiger partial charge in [0, 0.05) is 9.35 Å². The molecule has 0 N–H and O–H groups in total. The van der Waals surface area contributed by atoms with Crippen LogP contribution >= 0.6 is 54.5 Å². The zero-order valence-electron chi connectivity index (χ0n) is 8.64. The van der Waals surface area contributed by atoms with Crippen molar-refractivity contribution in [3.63, 3.8) is 0 Å². The van der Waals surface area contributed by atoms with E-state index in [4.69, 9.17) is 0 Å². The van der Waals surface area contributed by atoms with E-state index in [0.717, 1.165) is 18.0 Å². The van der Waals surface area contributed by atoms with Gasteiger partial charge in [0.25, 0.3) is 0 Å². The van der Waals surface area contributed by atoms with E-state index in [2.05, 4.69) is 31.9 Å². The van der Waals surface area contributed by atoms with Gasteiger partial charge in [-0.1, -0.05) is 0 Å². The van der Waals surface area contributed by atoms with Gasteiger partial charge in [0.15, 0.2) is 0 Å². The van der Waals surface area contributed by atoms with Crippen molar-refractivity contribution in [3.8, 4) is 0 Å². The fourth-order valence-corrected chi connectivity index (χ4v) is 4.31. The normalized spacial score (nSPS) is 10.8. The minimum absolute atomic E-state index is 0.109. The Morgan fingerprint density at radius 3 is 2.19 bits per heavy atom. The summed E-state index contributed by atoms with van der Waals surface area (Å²) in [4.78, 5) is 14.9. The third-order valence-electron chi connectivity index (χ3n) is 2.26. The maximum absolute atomic E-state index is 12.2. The largest absolute Gasteiger partial charge is 0.287 e. The van der Waals surface area contributed by atoms with Gasteiger partial charge in [-0.05, 0) is 63.4 Å². The van der Waals surface area contributed by atoms with Gasteiger partial charge >= 0.3 is 0 Å². The molecule has 0 unspecified atom stereocenters. The molecule has 0 aliphatic rings. The predicted molar refractivity (Wildman–Crippen MR) is 76.9 cm³/mol. The highest BCUT2D eigenvalue weighted by atomic mass is 79.9. The van der Waals surface area contributed by atoms with Crippen molar-refractivity contribution in [1.82, 2.24) is 0 Å². The van der Waals surface area contributed by atoms with Crippen molar-refractivity contribution < 1.29 is 4.79 Å². The molecule has 1 nitrogen and oxygen atoms in total. The molecule has 0 aliphatic carbocycles. The molecule has 0 aliphatic heterocycles. The quantitative estimate of drug-likeness (QED) is 0.656. The molecule has 0 atom stereocenters. The summed E-state index contributed by atoms with van der Waals surface area (Å²) in [6, 6.07) is 3.82. The van der Waals surface area contributed by atoms with Crippen LogP contribution in [0.1, 0.15) is 25.0 Å². The van der Waals surface area contributed by atoms with E-state index in [0.29, 0.717) is 0 Å². The Morgan fingerprint density at radius 1 is 1.12 bits per heavy atom. The maximum atomic E-state index is 12.2. The van der Waals surface area contributed by atoms with Gasteiger partial charge in [-0.25, -0.2) is 0 Å². The Balaban J connectivity index is 2.38. The highest BCUT2D eigenvalue weighted by molar-refractivity contribution is 9.13. The number of carbonyl (C=O) groups is 1. The lowest BCUT2D eigenvalue weighted by molar-refractivity contribution is 0.104. The first-order valence-corrected chi connectivity index (χ1v) is 7.77. The molecule has 16 heavy (non-hydrogen) atoms. The lowest BCUT2D eigenvalue weighted by atomic mass is 10.2. The van der Waals surface area contributed by atoms with E-state index in [-0.39, 0.29) is 5.78 Å². The van der Waals surface area contributed by atoms with Crippen molar-refractivity contribution in [3.05, 3.63) is 40.6 Å². The molecule has 0 saturated carbocycles. The predicted octanol–water partition coefficient (Wildman–Crippen LogP) is 5.18. The topological polar surface area (TPSA) is 17.1 Å². The number of halogens is 2. The molecule has 2 heterocycles. The molecule has 84 valence electrons. The Labute approximate surface area is 119 Å². The molecule has 2 rings (SSSR count). The smallest absolute Gasteiger partial charge is 0.212 e. The van der Waals surface area contributed by atoms with E-state index >= 15 is 0 Å². The van der Waals surface area contributed by atoms with Crippen molar-refractivity contribution in [2.75, 3.05) is 0 Å². The molecular formula is C11H8Br2OS2. The first-order chi connectivity index (χ1) is 7.49. The number of carbonyl (C=O) groups excluding carboxylic acids is 1. The monoisotopic (exact) mass is 378 g/mol. The van der Waals surface area contributed by atoms with Crippen molar-refractivity contribution in [1.29, 1.82) is 0 Å². The molecule has 0 radical (unpaired) electrons. The van der Waals surface area contributed by atoms with Gasteiger partial charge < -0.3 is 0 Å². The van der Waals surface area contributed by atoms with Gasteiger partial charge in [0.05, 0.1) is 13.5 Å². The third-order valence-corrected chi connectivity index (χ3v) is 6.67. The van der Waals surface area contributed by atoms with Gasteiger partial charge in [-0.2, -0.15) is 0 Å². The Morgan fingerprint density at radius 2 is 1.75 bits per heavy atom. The molecule has 0 bridgehead atoms. The second-order valence-electron chi connectivity index (χ2n) is 3.41. The highest BCUT2D eigenvalue weighted by Gasteiger charge is 2.16. The van der Waals surface area contributed by atoms with Gasteiger partial charge in [0.2, 0.25) is 5.78 Å². The Hall–Kier alpha value is 0.0300. The van der Waals surface area contributed by atoms with Crippen LogP contribution in [0.15, 0.2) is 20.4 Å². The first-order valence-electron chi connectivity index (χ1n) is 4.55. The van der Waals surface area contributed by atoms with Gasteiger partial charge in [-0.3, -0.25) is 4.79 Å². The van der Waals surface area contributed by atoms with E-state index in [1.165, 1.54) is 21.8 Å². The number of aryl methyl sites for hydroxylation is 2. The van der Waals surface area contributed by atoms with Crippen LogP contribution in [0.2, 0.25) is 0 Å². The zero-order chi connectivity index (χ0) is 11.9. The fourth-order valence-electron chi connectivity index (χ4n) is 1.26. The molecule has 5 heteroatoms. The molecule has 0 amide bonds. The standard InChI is InChI=1S/C11H8Br2OS2/c1-5-3-8(15-6(5)2)10(14)9-4-7(12)11(13)16-9/h3-4H,1-2H3. The zero-order valence-corrected chi connectivity index (χ0v) is 13.4. The molecular weight excluding hydrogens is 372 g/mol. The van der Waals surface area contributed by atoms with Crippen LogP contribution in [-0.2, 0) is 0 Å². The molecule has 0 spiro atoms. The maximum Gasteiger partial charge on any atom is 0.212 e. The lowest BCUT2D eigenvalue weighted by Gasteiger charge is -1.90. The molecule has 0 fully saturated rings. The number of thiophene rings is 2. The molecule has 2 aromatic rings. The van der Waals surface area contributed by atoms with Crippen LogP contribution in [0.3, 0.4) is 0 Å². The molecule has 0 aromatic carbocycles. The van der Waals surface area contributed by atoms with E-state index in [1.54, 1.807) is 11.3 Å². The van der Waals surface area contributed by atoms with Crippen molar-refractivity contribution >= 4 is 60.3 Å². The molecule has 2 aromatic heterocycles. The number of rotatable bonds is 2. The van der Waals surface area contributed by atoms with Gasteiger partial charge in [-0.15, -0.1) is 22.7 Å². The second-order valence-corrected chi connectivity index (χ2v) is 7.89. The minimum Gasteiger partial charge on any atom is -0.287 e. The van der Waals surface area contributed by atoms with Crippen molar-refractivity contribution in [2.45, 2.75) is 13.8 Å². The third kappa shape index (κ3) is 2.32. The summed E-state index contributed by atoms with van der Waals surface area (Å²) in [5, 5.41) is 0. The summed E-state index contributed by atoms with van der Waals surface area (Å²) >= 11 is 9.81. The van der Waals surface area contributed by atoms with Crippen molar-refractivity contribution in [2.24, 2.45) is 0 Å². The lowest BCUT2D eigenvalue weighted by Crippen LogP contribution is -1.94. The number of ketones is 1. The first kappa shape index (κ1) is 12.5. The Kier molecular flexibility index (Phi) is 3.69. The average Bonchev–Trinajstić information content (AvgIpc) is 2.72. The minimum atomic E-state index is 0.109. The Bertz CT molecular complexity index is 467. The summed E-state index contributed by atoms with van der Waals surface area (Å²) in [7, 11) is 0. The summed E-state index contributed by atoms with van der Waals surface area (Å²) in [6.45, 7) is 4.07. The number of hydrogen-bond donors (Lipinski definition) is 0. The van der Waals surface area contributed by atoms with Crippen LogP contribution in [0.4, 0.5) is 0 Å². The van der Waals surface area contributed by atoms with Crippen LogP contribution in [0.5, 0.6) is 0 Å². The van der Waals surface area contributed by atoms with Crippen LogP contribution in [0.25, 0.3) is 0 Å². The average molecular weight is 380 g/mol. The summed E-state index contributed by atoms with van der Waals surface area (Å²) < 4.78 is 1.90. The summed E-state index contributed by atoms with van der Waals surface area (Å²) in [5.74, 6) is 0.109. The van der Waals surface area contributed by atoms with Gasteiger partial charge in [0.1, 0.15) is 0 Å². The highest BCUT2D eigenvalue weighted by Crippen LogP contribution is 2.34. The van der Waals surface area contributed by atoms with E-state index in [1.807, 2.05) is 26.0 Å². The van der Waals surface area contributed by atoms with E-state index < -0.39 is 0 Å². The van der Waals surface area contributed by atoms with E-state index in [9.17, 15) is 4.79 Å². The summed E-state index contributed by atoms with van der Waals surface area (Å²) in [5.41, 5.74) is 1.18. The molecule has 0 saturated heterocycles. The fraction of sp³-hybridized carbons (Fsp3) is 0.182. The number of hydrogen-bond acceptors (Lipinski definition) is 3. The SMILES string of the molecule is Cc1cc(C(=O)c2cc(Br)c(Br)s2)sc1C. The second kappa shape index (κ2) is 4.72. The van der Waals surface area contributed by atoms with Crippen LogP contribution in [0, 0.1) is 13.8 Å². The summed E-state index contributed by atoms with van der Waals surface area (Å²) in [6.07, 6.45) is 0. The van der Waals surface area contributed by atoms with Crippen LogP contribution in [-0.4, -0.2) is 5.78 Å². The van der Waals surface area contributed by atoms with Crippen LogP contribution < -0.4 is 0 Å².